The van der Waals surface area contributed by atoms with Gasteiger partial charge in [-0.1, -0.05) is 13.3 Å². The molecule has 18 heavy (non-hydrogen) atoms. The predicted octanol–water partition coefficient (Wildman–Crippen LogP) is 1.86. The number of nitrogens with zero attached hydrogens (tertiary/aromatic N) is 1. The fraction of sp³-hybridized carbons (Fsp3) is 1.00. The Hall–Kier alpha value is -0.120. The van der Waals surface area contributed by atoms with E-state index in [9.17, 15) is 5.11 Å². The van der Waals surface area contributed by atoms with Gasteiger partial charge in [0, 0.05) is 18.6 Å². The summed E-state index contributed by atoms with van der Waals surface area (Å²) in [6.07, 6.45) is 5.72. The first-order chi connectivity index (χ1) is 8.56. The van der Waals surface area contributed by atoms with Crippen molar-refractivity contribution in [2.75, 3.05) is 20.1 Å². The Kier molecular flexibility index (Phi) is 5.05. The van der Waals surface area contributed by atoms with Crippen LogP contribution < -0.4 is 5.32 Å². The first-order valence-electron chi connectivity index (χ1n) is 7.68. The quantitative estimate of drug-likeness (QED) is 0.807. The van der Waals surface area contributed by atoms with Crippen LogP contribution in [0.25, 0.3) is 0 Å². The highest BCUT2D eigenvalue weighted by molar-refractivity contribution is 4.87. The lowest BCUT2D eigenvalue weighted by molar-refractivity contribution is 0.0893. The van der Waals surface area contributed by atoms with E-state index in [0.717, 1.165) is 25.3 Å². The molecule has 1 heterocycles. The van der Waals surface area contributed by atoms with E-state index < -0.39 is 0 Å². The number of rotatable bonds is 3. The van der Waals surface area contributed by atoms with Crippen LogP contribution in [0, 0.1) is 11.8 Å². The van der Waals surface area contributed by atoms with E-state index >= 15 is 0 Å². The minimum absolute atomic E-state index is 0.0422. The van der Waals surface area contributed by atoms with Gasteiger partial charge in [0.05, 0.1) is 6.10 Å². The van der Waals surface area contributed by atoms with E-state index in [0.29, 0.717) is 18.0 Å². The average Bonchev–Trinajstić information content (AvgIpc) is 2.32. The Morgan fingerprint density at radius 2 is 2.00 bits per heavy atom. The maximum atomic E-state index is 9.71. The van der Waals surface area contributed by atoms with E-state index in [1.807, 2.05) is 0 Å². The molecule has 0 aromatic carbocycles. The summed E-state index contributed by atoms with van der Waals surface area (Å²) in [6.45, 7) is 6.98. The standard InChI is InChI=1S/C15H30N2O/c1-11-10-17(3)12(2)7-15(11)16-9-13-5-4-6-14(18)8-13/h11-16,18H,4-10H2,1-3H3. The molecule has 3 nitrogen and oxygen atoms in total. The Bertz CT molecular complexity index is 259. The summed E-state index contributed by atoms with van der Waals surface area (Å²) in [4.78, 5) is 2.47. The number of hydrogen-bond acceptors (Lipinski definition) is 3. The summed E-state index contributed by atoms with van der Waals surface area (Å²) >= 11 is 0. The number of aliphatic hydroxyl groups excluding tert-OH is 1. The van der Waals surface area contributed by atoms with Gasteiger partial charge in [-0.05, 0) is 58.0 Å². The summed E-state index contributed by atoms with van der Waals surface area (Å²) in [5.41, 5.74) is 0. The number of piperidine rings is 1. The Morgan fingerprint density at radius 1 is 1.22 bits per heavy atom. The molecule has 0 radical (unpaired) electrons. The van der Waals surface area contributed by atoms with Gasteiger partial charge in [-0.2, -0.15) is 0 Å². The zero-order valence-electron chi connectivity index (χ0n) is 12.2. The number of hydrogen-bond donors (Lipinski definition) is 2. The van der Waals surface area contributed by atoms with Crippen LogP contribution in [-0.2, 0) is 0 Å². The minimum atomic E-state index is -0.0422. The first-order valence-corrected chi connectivity index (χ1v) is 7.68. The molecule has 1 saturated heterocycles. The number of nitrogens with one attached hydrogen (secondary N) is 1. The molecule has 1 aliphatic heterocycles. The predicted molar refractivity (Wildman–Crippen MR) is 75.6 cm³/mol. The van der Waals surface area contributed by atoms with Crippen LogP contribution >= 0.6 is 0 Å². The van der Waals surface area contributed by atoms with E-state index in [2.05, 4.69) is 31.1 Å². The van der Waals surface area contributed by atoms with Gasteiger partial charge < -0.3 is 15.3 Å². The SMILES string of the molecule is CC1CN(C)C(C)CC1NCC1CCCC(O)C1. The van der Waals surface area contributed by atoms with Crippen LogP contribution in [0.15, 0.2) is 0 Å². The first kappa shape index (κ1) is 14.3. The summed E-state index contributed by atoms with van der Waals surface area (Å²) in [7, 11) is 2.23. The summed E-state index contributed by atoms with van der Waals surface area (Å²) < 4.78 is 0. The zero-order chi connectivity index (χ0) is 13.1. The van der Waals surface area contributed by atoms with Gasteiger partial charge >= 0.3 is 0 Å². The van der Waals surface area contributed by atoms with Crippen molar-refractivity contribution >= 4 is 0 Å². The van der Waals surface area contributed by atoms with Crippen molar-refractivity contribution in [1.82, 2.24) is 10.2 Å². The van der Waals surface area contributed by atoms with Crippen LogP contribution in [0.2, 0.25) is 0 Å². The van der Waals surface area contributed by atoms with Crippen LogP contribution in [-0.4, -0.2) is 48.3 Å². The third-order valence-corrected chi connectivity index (χ3v) is 5.03. The van der Waals surface area contributed by atoms with Gasteiger partial charge in [-0.15, -0.1) is 0 Å². The fourth-order valence-electron chi connectivity index (χ4n) is 3.59. The Balaban J connectivity index is 1.75. The van der Waals surface area contributed by atoms with Crippen molar-refractivity contribution in [3.05, 3.63) is 0 Å². The summed E-state index contributed by atoms with van der Waals surface area (Å²) in [5, 5.41) is 13.5. The van der Waals surface area contributed by atoms with E-state index in [4.69, 9.17) is 0 Å². The van der Waals surface area contributed by atoms with Crippen LogP contribution in [0.1, 0.15) is 46.0 Å². The monoisotopic (exact) mass is 254 g/mol. The van der Waals surface area contributed by atoms with Crippen LogP contribution in [0.3, 0.4) is 0 Å². The van der Waals surface area contributed by atoms with E-state index in [-0.39, 0.29) is 6.10 Å². The average molecular weight is 254 g/mol. The molecule has 2 rings (SSSR count). The lowest BCUT2D eigenvalue weighted by Gasteiger charge is -2.41. The molecular weight excluding hydrogens is 224 g/mol. The molecule has 5 atom stereocenters. The highest BCUT2D eigenvalue weighted by Gasteiger charge is 2.29. The van der Waals surface area contributed by atoms with Crippen molar-refractivity contribution in [2.24, 2.45) is 11.8 Å². The normalized spacial score (nSPS) is 43.0. The second kappa shape index (κ2) is 6.36. The third kappa shape index (κ3) is 3.69. The lowest BCUT2D eigenvalue weighted by atomic mass is 9.85. The fourth-order valence-corrected chi connectivity index (χ4v) is 3.59. The highest BCUT2D eigenvalue weighted by Crippen LogP contribution is 2.25. The molecule has 0 spiro atoms. The molecule has 2 N–H and O–H groups in total. The van der Waals surface area contributed by atoms with Gasteiger partial charge in [0.15, 0.2) is 0 Å². The van der Waals surface area contributed by atoms with E-state index in [1.54, 1.807) is 0 Å². The van der Waals surface area contributed by atoms with Gasteiger partial charge in [0.25, 0.3) is 0 Å². The van der Waals surface area contributed by atoms with Crippen LogP contribution in [0.5, 0.6) is 0 Å². The molecule has 5 unspecified atom stereocenters. The Morgan fingerprint density at radius 3 is 2.72 bits per heavy atom. The molecule has 0 aromatic heterocycles. The van der Waals surface area contributed by atoms with Crippen molar-refractivity contribution < 1.29 is 5.11 Å². The molecule has 2 fully saturated rings. The molecule has 0 amide bonds. The highest BCUT2D eigenvalue weighted by atomic mass is 16.3. The molecule has 0 bridgehead atoms. The van der Waals surface area contributed by atoms with Crippen LogP contribution in [0.4, 0.5) is 0 Å². The molecule has 3 heteroatoms. The number of aliphatic hydroxyl groups is 1. The molecule has 2 aliphatic rings. The van der Waals surface area contributed by atoms with Crippen molar-refractivity contribution in [2.45, 2.75) is 64.1 Å². The number of likely N-dealkylation sites (tertiary alicyclic amines) is 1. The second-order valence-corrected chi connectivity index (χ2v) is 6.70. The van der Waals surface area contributed by atoms with Crippen molar-refractivity contribution in [3.8, 4) is 0 Å². The van der Waals surface area contributed by atoms with Crippen molar-refractivity contribution in [3.63, 3.8) is 0 Å². The largest absolute Gasteiger partial charge is 0.393 e. The Labute approximate surface area is 112 Å². The molecule has 1 aliphatic carbocycles. The molecule has 106 valence electrons. The van der Waals surface area contributed by atoms with Gasteiger partial charge in [-0.25, -0.2) is 0 Å². The van der Waals surface area contributed by atoms with Gasteiger partial charge in [0.1, 0.15) is 0 Å². The minimum Gasteiger partial charge on any atom is -0.393 e. The van der Waals surface area contributed by atoms with Crippen molar-refractivity contribution in [1.29, 1.82) is 0 Å². The molecule has 0 aromatic rings. The maximum Gasteiger partial charge on any atom is 0.0543 e. The zero-order valence-corrected chi connectivity index (χ0v) is 12.2. The van der Waals surface area contributed by atoms with Gasteiger partial charge in [-0.3, -0.25) is 0 Å². The molecular formula is C15H30N2O. The molecule has 1 saturated carbocycles. The lowest BCUT2D eigenvalue weighted by Crippen LogP contribution is -2.51. The van der Waals surface area contributed by atoms with E-state index in [1.165, 1.54) is 25.8 Å². The topological polar surface area (TPSA) is 35.5 Å². The summed E-state index contributed by atoms with van der Waals surface area (Å²) in [6, 6.07) is 1.35. The maximum absolute atomic E-state index is 9.71. The third-order valence-electron chi connectivity index (χ3n) is 5.03. The summed E-state index contributed by atoms with van der Waals surface area (Å²) in [5.74, 6) is 1.43. The smallest absolute Gasteiger partial charge is 0.0543 e. The second-order valence-electron chi connectivity index (χ2n) is 6.70. The van der Waals surface area contributed by atoms with Gasteiger partial charge in [0.2, 0.25) is 0 Å².